The van der Waals surface area contributed by atoms with Gasteiger partial charge in [0.15, 0.2) is 5.76 Å². The summed E-state index contributed by atoms with van der Waals surface area (Å²) in [6.45, 7) is 0. The minimum absolute atomic E-state index is 0.0854. The SMILES string of the molecule is CSCc1ccc(C(=O)Nc2cc(Br)cc(C(=O)O)c2)o1. The fraction of sp³-hybridized carbons (Fsp3) is 0.143. The molecule has 21 heavy (non-hydrogen) atoms. The Bertz CT molecular complexity index is 683. The fourth-order valence-electron chi connectivity index (χ4n) is 1.70. The lowest BCUT2D eigenvalue weighted by atomic mass is 10.2. The molecule has 1 heterocycles. The molecule has 2 N–H and O–H groups in total. The lowest BCUT2D eigenvalue weighted by molar-refractivity contribution is 0.0696. The van der Waals surface area contributed by atoms with Gasteiger partial charge in [-0.3, -0.25) is 4.79 Å². The number of furan rings is 1. The van der Waals surface area contributed by atoms with Gasteiger partial charge in [0.05, 0.1) is 11.3 Å². The van der Waals surface area contributed by atoms with E-state index in [0.717, 1.165) is 0 Å². The van der Waals surface area contributed by atoms with Crippen molar-refractivity contribution in [3.8, 4) is 0 Å². The van der Waals surface area contributed by atoms with Crippen LogP contribution in [0.2, 0.25) is 0 Å². The van der Waals surface area contributed by atoms with Crippen molar-refractivity contribution >= 4 is 45.3 Å². The Morgan fingerprint density at radius 1 is 1.33 bits per heavy atom. The zero-order valence-electron chi connectivity index (χ0n) is 11.1. The molecule has 7 heteroatoms. The Morgan fingerprint density at radius 3 is 2.76 bits per heavy atom. The van der Waals surface area contributed by atoms with E-state index in [-0.39, 0.29) is 11.3 Å². The fourth-order valence-corrected chi connectivity index (χ4v) is 2.63. The number of hydrogen-bond donors (Lipinski definition) is 2. The molecular formula is C14H12BrNO4S. The third kappa shape index (κ3) is 4.12. The Kier molecular flexibility index (Phi) is 5.08. The Balaban J connectivity index is 2.16. The number of anilines is 1. The molecule has 0 aliphatic rings. The Labute approximate surface area is 133 Å². The third-order valence-corrected chi connectivity index (χ3v) is 3.61. The molecule has 1 aromatic carbocycles. The van der Waals surface area contributed by atoms with Crippen LogP contribution >= 0.6 is 27.7 Å². The predicted molar refractivity (Wildman–Crippen MR) is 85.0 cm³/mol. The summed E-state index contributed by atoms with van der Waals surface area (Å²) in [6, 6.07) is 7.81. The number of nitrogens with one attached hydrogen (secondary N) is 1. The van der Waals surface area contributed by atoms with Crippen LogP contribution in [0.5, 0.6) is 0 Å². The lowest BCUT2D eigenvalue weighted by Crippen LogP contribution is -2.11. The van der Waals surface area contributed by atoms with Gasteiger partial charge in [0.1, 0.15) is 5.76 Å². The normalized spacial score (nSPS) is 10.4. The second-order valence-electron chi connectivity index (χ2n) is 4.19. The number of rotatable bonds is 5. The number of amides is 1. The molecule has 0 aliphatic heterocycles. The van der Waals surface area contributed by atoms with Crippen LogP contribution in [0, 0.1) is 0 Å². The van der Waals surface area contributed by atoms with Gasteiger partial charge >= 0.3 is 5.97 Å². The van der Waals surface area contributed by atoms with Gasteiger partial charge < -0.3 is 14.8 Å². The highest BCUT2D eigenvalue weighted by atomic mass is 79.9. The molecule has 0 aliphatic carbocycles. The van der Waals surface area contributed by atoms with Crippen molar-refractivity contribution in [3.05, 3.63) is 51.9 Å². The summed E-state index contributed by atoms with van der Waals surface area (Å²) in [5.41, 5.74) is 0.469. The van der Waals surface area contributed by atoms with E-state index in [1.54, 1.807) is 30.0 Å². The van der Waals surface area contributed by atoms with Crippen LogP contribution in [-0.4, -0.2) is 23.2 Å². The largest absolute Gasteiger partial charge is 0.478 e. The van der Waals surface area contributed by atoms with Gasteiger partial charge in [-0.2, -0.15) is 11.8 Å². The molecule has 110 valence electrons. The first-order valence-electron chi connectivity index (χ1n) is 5.92. The number of aromatic carboxylic acids is 1. The van der Waals surface area contributed by atoms with Gasteiger partial charge in [-0.1, -0.05) is 15.9 Å². The quantitative estimate of drug-likeness (QED) is 0.836. The second kappa shape index (κ2) is 6.82. The molecule has 2 aromatic rings. The number of carboxylic acids is 1. The van der Waals surface area contributed by atoms with Gasteiger partial charge in [-0.15, -0.1) is 0 Å². The lowest BCUT2D eigenvalue weighted by Gasteiger charge is -2.05. The minimum Gasteiger partial charge on any atom is -0.478 e. The minimum atomic E-state index is -1.06. The van der Waals surface area contributed by atoms with Crippen molar-refractivity contribution in [1.29, 1.82) is 0 Å². The van der Waals surface area contributed by atoms with Crippen LogP contribution < -0.4 is 5.32 Å². The van der Waals surface area contributed by atoms with E-state index in [1.807, 2.05) is 6.26 Å². The first-order valence-corrected chi connectivity index (χ1v) is 8.11. The third-order valence-electron chi connectivity index (χ3n) is 2.57. The van der Waals surface area contributed by atoms with Crippen LogP contribution in [0.4, 0.5) is 5.69 Å². The van der Waals surface area contributed by atoms with Crippen molar-refractivity contribution in [2.75, 3.05) is 11.6 Å². The molecule has 0 atom stereocenters. The van der Waals surface area contributed by atoms with E-state index >= 15 is 0 Å². The van der Waals surface area contributed by atoms with Gasteiger partial charge in [-0.05, 0) is 36.6 Å². The van der Waals surface area contributed by atoms with Crippen molar-refractivity contribution in [2.45, 2.75) is 5.75 Å². The molecule has 0 bridgehead atoms. The van der Waals surface area contributed by atoms with Crippen molar-refractivity contribution in [3.63, 3.8) is 0 Å². The molecule has 1 aromatic heterocycles. The number of carbonyl (C=O) groups excluding carboxylic acids is 1. The number of halogens is 1. The number of benzene rings is 1. The second-order valence-corrected chi connectivity index (χ2v) is 5.97. The molecule has 0 radical (unpaired) electrons. The summed E-state index contributed by atoms with van der Waals surface area (Å²) in [4.78, 5) is 23.0. The molecule has 0 spiro atoms. The van der Waals surface area contributed by atoms with E-state index < -0.39 is 11.9 Å². The standard InChI is InChI=1S/C14H12BrNO4S/c1-21-7-11-2-3-12(20-11)13(17)16-10-5-8(14(18)19)4-9(15)6-10/h2-6H,7H2,1H3,(H,16,17)(H,18,19). The van der Waals surface area contributed by atoms with E-state index in [4.69, 9.17) is 9.52 Å². The highest BCUT2D eigenvalue weighted by molar-refractivity contribution is 9.10. The van der Waals surface area contributed by atoms with Crippen LogP contribution in [0.15, 0.2) is 39.2 Å². The van der Waals surface area contributed by atoms with Crippen LogP contribution in [-0.2, 0) is 5.75 Å². The topological polar surface area (TPSA) is 79.5 Å². The zero-order valence-corrected chi connectivity index (χ0v) is 13.5. The number of thioether (sulfide) groups is 1. The molecule has 0 saturated heterocycles. The van der Waals surface area contributed by atoms with E-state index in [0.29, 0.717) is 21.7 Å². The van der Waals surface area contributed by atoms with E-state index in [1.165, 1.54) is 12.1 Å². The molecular weight excluding hydrogens is 358 g/mol. The summed E-state index contributed by atoms with van der Waals surface area (Å²) in [6.07, 6.45) is 1.94. The van der Waals surface area contributed by atoms with Gasteiger partial charge in [-0.25, -0.2) is 4.79 Å². The summed E-state index contributed by atoms with van der Waals surface area (Å²) < 4.78 is 5.97. The Morgan fingerprint density at radius 2 is 2.10 bits per heavy atom. The average Bonchev–Trinajstić information content (AvgIpc) is 2.87. The number of hydrogen-bond acceptors (Lipinski definition) is 4. The van der Waals surface area contributed by atoms with E-state index in [2.05, 4.69) is 21.2 Å². The van der Waals surface area contributed by atoms with Gasteiger partial charge in [0.2, 0.25) is 0 Å². The first kappa shape index (κ1) is 15.7. The molecule has 0 saturated carbocycles. The predicted octanol–water partition coefficient (Wildman–Crippen LogP) is 3.86. The maximum atomic E-state index is 12.0. The average molecular weight is 370 g/mol. The van der Waals surface area contributed by atoms with Crippen molar-refractivity contribution in [1.82, 2.24) is 0 Å². The highest BCUT2D eigenvalue weighted by Crippen LogP contribution is 2.21. The summed E-state index contributed by atoms with van der Waals surface area (Å²) >= 11 is 4.81. The summed E-state index contributed by atoms with van der Waals surface area (Å²) in [5, 5.41) is 11.6. The first-order chi connectivity index (χ1) is 9.99. The van der Waals surface area contributed by atoms with Crippen LogP contribution in [0.25, 0.3) is 0 Å². The monoisotopic (exact) mass is 369 g/mol. The Hall–Kier alpha value is -1.73. The molecule has 0 fully saturated rings. The summed E-state index contributed by atoms with van der Waals surface area (Å²) in [7, 11) is 0. The highest BCUT2D eigenvalue weighted by Gasteiger charge is 2.13. The molecule has 1 amide bonds. The van der Waals surface area contributed by atoms with Gasteiger partial charge in [0, 0.05) is 10.2 Å². The molecule has 0 unspecified atom stereocenters. The molecule has 2 rings (SSSR count). The smallest absolute Gasteiger partial charge is 0.335 e. The summed E-state index contributed by atoms with van der Waals surface area (Å²) in [5.74, 6) is 0.112. The maximum absolute atomic E-state index is 12.0. The van der Waals surface area contributed by atoms with Crippen LogP contribution in [0.1, 0.15) is 26.7 Å². The van der Waals surface area contributed by atoms with Crippen molar-refractivity contribution < 1.29 is 19.1 Å². The van der Waals surface area contributed by atoms with E-state index in [9.17, 15) is 9.59 Å². The van der Waals surface area contributed by atoms with Crippen LogP contribution in [0.3, 0.4) is 0 Å². The molecule has 5 nitrogen and oxygen atoms in total. The van der Waals surface area contributed by atoms with Crippen molar-refractivity contribution in [2.24, 2.45) is 0 Å². The van der Waals surface area contributed by atoms with Gasteiger partial charge in [0.25, 0.3) is 5.91 Å². The maximum Gasteiger partial charge on any atom is 0.335 e. The number of carboxylic acid groups (broad SMARTS) is 1. The number of carbonyl (C=O) groups is 2. The zero-order chi connectivity index (χ0) is 15.4.